The predicted octanol–water partition coefficient (Wildman–Crippen LogP) is 4.17. The van der Waals surface area contributed by atoms with E-state index >= 15 is 0 Å². The number of anilines is 1. The number of nitrogens with zero attached hydrogens (tertiary/aromatic N) is 2. The van der Waals surface area contributed by atoms with Gasteiger partial charge < -0.3 is 5.32 Å². The largest absolute Gasteiger partial charge is 0.385 e. The lowest BCUT2D eigenvalue weighted by Gasteiger charge is -2.27. The Morgan fingerprint density at radius 2 is 2.10 bits per heavy atom. The number of hydrogen-bond donors (Lipinski definition) is 1. The van der Waals surface area contributed by atoms with Gasteiger partial charge in [-0.25, -0.2) is 0 Å². The van der Waals surface area contributed by atoms with Crippen molar-refractivity contribution in [2.45, 2.75) is 39.2 Å². The lowest BCUT2D eigenvalue weighted by atomic mass is 9.82. The molecular weight excluding hydrogens is 258 g/mol. The summed E-state index contributed by atoms with van der Waals surface area (Å²) in [5.41, 5.74) is 2.52. The molecule has 1 aliphatic rings. The van der Waals surface area contributed by atoms with Gasteiger partial charge in [-0.15, -0.1) is 0 Å². The highest BCUT2D eigenvalue weighted by Crippen LogP contribution is 2.28. The molecule has 1 saturated carbocycles. The fourth-order valence-corrected chi connectivity index (χ4v) is 3.32. The predicted molar refractivity (Wildman–Crippen MR) is 87.4 cm³/mol. The molecular formula is C18H25N3. The first-order valence-corrected chi connectivity index (χ1v) is 8.10. The maximum atomic E-state index is 4.24. The van der Waals surface area contributed by atoms with Crippen molar-refractivity contribution in [1.82, 2.24) is 9.78 Å². The Bertz CT molecular complexity index is 530. The van der Waals surface area contributed by atoms with Crippen molar-refractivity contribution < 1.29 is 0 Å². The summed E-state index contributed by atoms with van der Waals surface area (Å²) in [6, 6.07) is 10.7. The molecule has 2 aromatic rings. The van der Waals surface area contributed by atoms with Gasteiger partial charge >= 0.3 is 0 Å². The molecule has 1 aromatic heterocycles. The van der Waals surface area contributed by atoms with Crippen LogP contribution in [0, 0.1) is 11.8 Å². The monoisotopic (exact) mass is 283 g/mol. The standard InChI is InChI=1S/C18H25N3/c1-15-4-2-5-17(12-15)13-19-18-8-6-16(7-9-18)14-21-11-3-10-20-21/h3,6-11,15,17,19H,2,4-5,12-14H2,1H3. The quantitative estimate of drug-likeness (QED) is 0.892. The van der Waals surface area contributed by atoms with Crippen LogP contribution >= 0.6 is 0 Å². The Kier molecular flexibility index (Phi) is 4.59. The van der Waals surface area contributed by atoms with Gasteiger partial charge in [0.05, 0.1) is 6.54 Å². The average molecular weight is 283 g/mol. The van der Waals surface area contributed by atoms with Gasteiger partial charge in [-0.3, -0.25) is 4.68 Å². The van der Waals surface area contributed by atoms with Crippen LogP contribution in [0.1, 0.15) is 38.2 Å². The molecule has 1 aliphatic carbocycles. The fraction of sp³-hybridized carbons (Fsp3) is 0.500. The van der Waals surface area contributed by atoms with Gasteiger partial charge in [0.1, 0.15) is 0 Å². The minimum absolute atomic E-state index is 0.841. The van der Waals surface area contributed by atoms with Crippen LogP contribution in [0.15, 0.2) is 42.7 Å². The first-order chi connectivity index (χ1) is 10.3. The Hall–Kier alpha value is -1.77. The zero-order chi connectivity index (χ0) is 14.5. The van der Waals surface area contributed by atoms with Gasteiger partial charge in [0.15, 0.2) is 0 Å². The first-order valence-electron chi connectivity index (χ1n) is 8.10. The van der Waals surface area contributed by atoms with Crippen molar-refractivity contribution in [1.29, 1.82) is 0 Å². The molecule has 0 aliphatic heterocycles. The van der Waals surface area contributed by atoms with Crippen molar-refractivity contribution >= 4 is 5.69 Å². The van der Waals surface area contributed by atoms with E-state index in [2.05, 4.69) is 41.6 Å². The molecule has 0 spiro atoms. The van der Waals surface area contributed by atoms with Crippen LogP contribution in [0.5, 0.6) is 0 Å². The molecule has 2 atom stereocenters. The number of rotatable bonds is 5. The first kappa shape index (κ1) is 14.2. The number of nitrogens with one attached hydrogen (secondary N) is 1. The average Bonchev–Trinajstić information content (AvgIpc) is 3.00. The molecule has 3 rings (SSSR count). The molecule has 112 valence electrons. The van der Waals surface area contributed by atoms with Gasteiger partial charge in [-0.05, 0) is 48.4 Å². The summed E-state index contributed by atoms with van der Waals surface area (Å²) >= 11 is 0. The Balaban J connectivity index is 1.50. The third-order valence-corrected chi connectivity index (χ3v) is 4.50. The summed E-state index contributed by atoms with van der Waals surface area (Å²) in [4.78, 5) is 0. The van der Waals surface area contributed by atoms with Crippen molar-refractivity contribution in [2.75, 3.05) is 11.9 Å². The summed E-state index contributed by atoms with van der Waals surface area (Å²) in [6.07, 6.45) is 9.39. The number of benzene rings is 1. The molecule has 3 nitrogen and oxygen atoms in total. The van der Waals surface area contributed by atoms with E-state index in [9.17, 15) is 0 Å². The molecule has 2 unspecified atom stereocenters. The fourth-order valence-electron chi connectivity index (χ4n) is 3.32. The van der Waals surface area contributed by atoms with E-state index < -0.39 is 0 Å². The van der Waals surface area contributed by atoms with E-state index in [0.29, 0.717) is 0 Å². The van der Waals surface area contributed by atoms with E-state index in [1.54, 1.807) is 0 Å². The zero-order valence-corrected chi connectivity index (χ0v) is 12.8. The van der Waals surface area contributed by atoms with Crippen LogP contribution in [0.3, 0.4) is 0 Å². The molecule has 1 N–H and O–H groups in total. The lowest BCUT2D eigenvalue weighted by Crippen LogP contribution is -2.20. The highest BCUT2D eigenvalue weighted by atomic mass is 15.3. The summed E-state index contributed by atoms with van der Waals surface area (Å²) < 4.78 is 1.95. The smallest absolute Gasteiger partial charge is 0.0659 e. The SMILES string of the molecule is CC1CCCC(CNc2ccc(Cn3cccn3)cc2)C1. The molecule has 1 aromatic carbocycles. The highest BCUT2D eigenvalue weighted by molar-refractivity contribution is 5.44. The molecule has 3 heteroatoms. The summed E-state index contributed by atoms with van der Waals surface area (Å²) in [6.45, 7) is 4.34. The maximum Gasteiger partial charge on any atom is 0.0659 e. The van der Waals surface area contributed by atoms with Gasteiger partial charge in [0.25, 0.3) is 0 Å². The third kappa shape index (κ3) is 4.10. The number of aromatic nitrogens is 2. The summed E-state index contributed by atoms with van der Waals surface area (Å²) in [5, 5.41) is 7.84. The molecule has 0 bridgehead atoms. The minimum atomic E-state index is 0.841. The summed E-state index contributed by atoms with van der Waals surface area (Å²) in [5.74, 6) is 1.75. The maximum absolute atomic E-state index is 4.24. The Morgan fingerprint density at radius 3 is 2.81 bits per heavy atom. The van der Waals surface area contributed by atoms with Crippen LogP contribution < -0.4 is 5.32 Å². The van der Waals surface area contributed by atoms with Crippen molar-refractivity contribution in [3.8, 4) is 0 Å². The Labute approximate surface area is 127 Å². The minimum Gasteiger partial charge on any atom is -0.385 e. The van der Waals surface area contributed by atoms with E-state index in [4.69, 9.17) is 0 Å². The second-order valence-corrected chi connectivity index (χ2v) is 6.42. The van der Waals surface area contributed by atoms with E-state index in [0.717, 1.165) is 24.9 Å². The van der Waals surface area contributed by atoms with Crippen LogP contribution in [0.4, 0.5) is 5.69 Å². The Morgan fingerprint density at radius 1 is 1.24 bits per heavy atom. The van der Waals surface area contributed by atoms with Crippen LogP contribution in [-0.2, 0) is 6.54 Å². The normalized spacial score (nSPS) is 22.1. The van der Waals surface area contributed by atoms with Crippen LogP contribution in [0.25, 0.3) is 0 Å². The van der Waals surface area contributed by atoms with E-state index in [1.165, 1.54) is 36.9 Å². The van der Waals surface area contributed by atoms with Crippen LogP contribution in [0.2, 0.25) is 0 Å². The van der Waals surface area contributed by atoms with Crippen molar-refractivity contribution in [3.63, 3.8) is 0 Å². The molecule has 0 amide bonds. The molecule has 1 heterocycles. The summed E-state index contributed by atoms with van der Waals surface area (Å²) in [7, 11) is 0. The van der Waals surface area contributed by atoms with E-state index in [1.807, 2.05) is 23.1 Å². The topological polar surface area (TPSA) is 29.9 Å². The van der Waals surface area contributed by atoms with Gasteiger partial charge in [0.2, 0.25) is 0 Å². The molecule has 1 fully saturated rings. The lowest BCUT2D eigenvalue weighted by molar-refractivity contribution is 0.293. The second-order valence-electron chi connectivity index (χ2n) is 6.42. The zero-order valence-electron chi connectivity index (χ0n) is 12.8. The molecule has 0 radical (unpaired) electrons. The van der Waals surface area contributed by atoms with Crippen molar-refractivity contribution in [3.05, 3.63) is 48.3 Å². The van der Waals surface area contributed by atoms with Gasteiger partial charge in [-0.2, -0.15) is 5.10 Å². The van der Waals surface area contributed by atoms with Crippen LogP contribution in [-0.4, -0.2) is 16.3 Å². The molecule has 21 heavy (non-hydrogen) atoms. The third-order valence-electron chi connectivity index (χ3n) is 4.50. The van der Waals surface area contributed by atoms with Gasteiger partial charge in [0, 0.05) is 24.6 Å². The second kappa shape index (κ2) is 6.79. The number of hydrogen-bond acceptors (Lipinski definition) is 2. The highest BCUT2D eigenvalue weighted by Gasteiger charge is 2.18. The molecule has 0 saturated heterocycles. The van der Waals surface area contributed by atoms with E-state index in [-0.39, 0.29) is 0 Å². The van der Waals surface area contributed by atoms with Gasteiger partial charge in [-0.1, -0.05) is 31.9 Å². The van der Waals surface area contributed by atoms with Crippen molar-refractivity contribution in [2.24, 2.45) is 11.8 Å².